The maximum absolute atomic E-state index is 13.7. The Balaban J connectivity index is 1.57. The third-order valence-electron chi connectivity index (χ3n) is 6.46. The smallest absolute Gasteiger partial charge is 0.325 e. The molecular weight excluding hydrogens is 402 g/mol. The monoisotopic (exact) mass is 433 g/mol. The van der Waals surface area contributed by atoms with Crippen LogP contribution in [0.5, 0.6) is 0 Å². The van der Waals surface area contributed by atoms with Gasteiger partial charge in [0.15, 0.2) is 0 Å². The number of nitrogens with one attached hydrogen (secondary N) is 1. The molecule has 2 aromatic carbocycles. The lowest BCUT2D eigenvalue weighted by atomic mass is 9.84. The first-order chi connectivity index (χ1) is 15.4. The Morgan fingerprint density at radius 1 is 0.906 bits per heavy atom. The minimum Gasteiger partial charge on any atom is -0.341 e. The number of likely N-dealkylation sites (tertiary alicyclic amines) is 1. The summed E-state index contributed by atoms with van der Waals surface area (Å²) >= 11 is 0. The Labute approximate surface area is 189 Å². The molecule has 0 saturated carbocycles. The molecule has 0 bridgehead atoms. The number of piperidine rings is 1. The number of urea groups is 1. The maximum atomic E-state index is 13.7. The summed E-state index contributed by atoms with van der Waals surface area (Å²) in [7, 11) is 0. The Morgan fingerprint density at radius 3 is 1.91 bits per heavy atom. The van der Waals surface area contributed by atoms with Crippen molar-refractivity contribution in [3.63, 3.8) is 0 Å². The molecule has 0 unspecified atom stereocenters. The number of hydrogen-bond donors (Lipinski definition) is 1. The van der Waals surface area contributed by atoms with Crippen molar-refractivity contribution in [2.75, 3.05) is 19.6 Å². The SMILES string of the molecule is C[C@@H]1C[C@H](C)CN(C(=O)CN2C(=O)NC(Cc3ccccc3)(Cc3ccccc3)C2=O)C1. The second-order valence-corrected chi connectivity index (χ2v) is 9.47. The highest BCUT2D eigenvalue weighted by atomic mass is 16.2. The molecule has 2 saturated heterocycles. The Bertz CT molecular complexity index is 925. The van der Waals surface area contributed by atoms with Gasteiger partial charge in [-0.2, -0.15) is 0 Å². The van der Waals surface area contributed by atoms with E-state index in [9.17, 15) is 14.4 Å². The van der Waals surface area contributed by atoms with Gasteiger partial charge in [0.05, 0.1) is 0 Å². The summed E-state index contributed by atoms with van der Waals surface area (Å²) in [5, 5.41) is 2.96. The Hall–Kier alpha value is -3.15. The van der Waals surface area contributed by atoms with Gasteiger partial charge < -0.3 is 10.2 Å². The molecule has 4 amide bonds. The van der Waals surface area contributed by atoms with Crippen LogP contribution in [0.25, 0.3) is 0 Å². The molecule has 2 aromatic rings. The molecule has 4 rings (SSSR count). The van der Waals surface area contributed by atoms with Gasteiger partial charge in [0.1, 0.15) is 12.1 Å². The molecule has 2 aliphatic heterocycles. The van der Waals surface area contributed by atoms with Gasteiger partial charge in [0.2, 0.25) is 5.91 Å². The van der Waals surface area contributed by atoms with Crippen LogP contribution in [0.4, 0.5) is 4.79 Å². The van der Waals surface area contributed by atoms with E-state index in [0.29, 0.717) is 37.8 Å². The van der Waals surface area contributed by atoms with Crippen molar-refractivity contribution in [3.8, 4) is 0 Å². The average Bonchev–Trinajstić information content (AvgIpc) is 2.98. The summed E-state index contributed by atoms with van der Waals surface area (Å²) < 4.78 is 0. The molecular formula is C26H31N3O3. The fourth-order valence-corrected chi connectivity index (χ4v) is 5.11. The minimum absolute atomic E-state index is 0.165. The highest BCUT2D eigenvalue weighted by molar-refractivity contribution is 6.09. The summed E-state index contributed by atoms with van der Waals surface area (Å²) in [5.41, 5.74) is 0.815. The normalized spacial score (nSPS) is 22.7. The summed E-state index contributed by atoms with van der Waals surface area (Å²) in [6.07, 6.45) is 1.83. The molecule has 32 heavy (non-hydrogen) atoms. The first-order valence-electron chi connectivity index (χ1n) is 11.4. The summed E-state index contributed by atoms with van der Waals surface area (Å²) in [6.45, 7) is 5.40. The second kappa shape index (κ2) is 9.15. The lowest BCUT2D eigenvalue weighted by molar-refractivity contribution is -0.140. The molecule has 6 nitrogen and oxygen atoms in total. The molecule has 0 spiro atoms. The fourth-order valence-electron chi connectivity index (χ4n) is 5.11. The summed E-state index contributed by atoms with van der Waals surface area (Å²) in [6, 6.07) is 18.9. The highest BCUT2D eigenvalue weighted by Crippen LogP contribution is 2.28. The molecule has 0 radical (unpaired) electrons. The maximum Gasteiger partial charge on any atom is 0.325 e. The van der Waals surface area contributed by atoms with Crippen LogP contribution in [-0.4, -0.2) is 52.8 Å². The number of rotatable bonds is 6. The van der Waals surface area contributed by atoms with Crippen molar-refractivity contribution in [2.24, 2.45) is 11.8 Å². The van der Waals surface area contributed by atoms with Crippen molar-refractivity contribution in [3.05, 3.63) is 71.8 Å². The standard InChI is InChI=1S/C26H31N3O3/c1-19-13-20(2)17-28(16-19)23(30)18-29-24(31)26(27-25(29)32,14-21-9-5-3-6-10-21)15-22-11-7-4-8-12-22/h3-12,19-20H,13-18H2,1-2H3,(H,27,32)/t19-,20+. The molecule has 0 aromatic heterocycles. The third-order valence-corrected chi connectivity index (χ3v) is 6.46. The van der Waals surface area contributed by atoms with Crippen molar-refractivity contribution in [1.29, 1.82) is 0 Å². The molecule has 0 aliphatic carbocycles. The predicted molar refractivity (Wildman–Crippen MR) is 123 cm³/mol. The number of benzene rings is 2. The zero-order valence-electron chi connectivity index (χ0n) is 18.8. The number of carbonyl (C=O) groups is 3. The number of carbonyl (C=O) groups excluding carboxylic acids is 3. The van der Waals surface area contributed by atoms with E-state index in [1.807, 2.05) is 60.7 Å². The van der Waals surface area contributed by atoms with Crippen LogP contribution in [0.3, 0.4) is 0 Å². The first-order valence-corrected chi connectivity index (χ1v) is 11.4. The zero-order chi connectivity index (χ0) is 22.7. The number of amides is 4. The van der Waals surface area contributed by atoms with Gasteiger partial charge >= 0.3 is 6.03 Å². The lowest BCUT2D eigenvalue weighted by Crippen LogP contribution is -2.52. The topological polar surface area (TPSA) is 69.7 Å². The van der Waals surface area contributed by atoms with Gasteiger partial charge in [0.25, 0.3) is 5.91 Å². The van der Waals surface area contributed by atoms with Crippen LogP contribution >= 0.6 is 0 Å². The molecule has 2 heterocycles. The van der Waals surface area contributed by atoms with Crippen LogP contribution in [-0.2, 0) is 22.4 Å². The van der Waals surface area contributed by atoms with E-state index in [1.165, 1.54) is 0 Å². The quantitative estimate of drug-likeness (QED) is 0.711. The van der Waals surface area contributed by atoms with Crippen molar-refractivity contribution in [1.82, 2.24) is 15.1 Å². The molecule has 168 valence electrons. The van der Waals surface area contributed by atoms with Crippen molar-refractivity contribution >= 4 is 17.8 Å². The van der Waals surface area contributed by atoms with Crippen LogP contribution < -0.4 is 5.32 Å². The zero-order valence-corrected chi connectivity index (χ0v) is 18.8. The van der Waals surface area contributed by atoms with Gasteiger partial charge in [-0.3, -0.25) is 14.5 Å². The van der Waals surface area contributed by atoms with E-state index in [2.05, 4.69) is 19.2 Å². The number of imide groups is 1. The fraction of sp³-hybridized carbons (Fsp3) is 0.423. The lowest BCUT2D eigenvalue weighted by Gasteiger charge is -2.35. The summed E-state index contributed by atoms with van der Waals surface area (Å²) in [4.78, 5) is 42.5. The average molecular weight is 434 g/mol. The van der Waals surface area contributed by atoms with Crippen LogP contribution in [0.15, 0.2) is 60.7 Å². The van der Waals surface area contributed by atoms with Crippen molar-refractivity contribution < 1.29 is 14.4 Å². The Kier molecular flexibility index (Phi) is 6.31. The van der Waals surface area contributed by atoms with E-state index in [0.717, 1.165) is 22.4 Å². The van der Waals surface area contributed by atoms with Crippen LogP contribution in [0.1, 0.15) is 31.4 Å². The van der Waals surface area contributed by atoms with E-state index in [1.54, 1.807) is 4.90 Å². The molecule has 2 aliphatic rings. The first kappa shape index (κ1) is 22.1. The molecule has 2 fully saturated rings. The predicted octanol–water partition coefficient (Wildman–Crippen LogP) is 3.27. The van der Waals surface area contributed by atoms with Gasteiger partial charge in [-0.05, 0) is 29.4 Å². The molecule has 6 heteroatoms. The third kappa shape index (κ3) is 4.69. The van der Waals surface area contributed by atoms with Crippen molar-refractivity contribution in [2.45, 2.75) is 38.6 Å². The van der Waals surface area contributed by atoms with E-state index in [4.69, 9.17) is 0 Å². The largest absolute Gasteiger partial charge is 0.341 e. The van der Waals surface area contributed by atoms with Gasteiger partial charge in [-0.1, -0.05) is 74.5 Å². The highest BCUT2D eigenvalue weighted by Gasteiger charge is 2.51. The van der Waals surface area contributed by atoms with E-state index in [-0.39, 0.29) is 18.4 Å². The van der Waals surface area contributed by atoms with Gasteiger partial charge in [0, 0.05) is 25.9 Å². The van der Waals surface area contributed by atoms with Crippen LogP contribution in [0.2, 0.25) is 0 Å². The number of hydrogen-bond acceptors (Lipinski definition) is 3. The minimum atomic E-state index is -1.11. The summed E-state index contributed by atoms with van der Waals surface area (Å²) in [5.74, 6) is 0.339. The van der Waals surface area contributed by atoms with Gasteiger partial charge in [-0.25, -0.2) is 4.79 Å². The van der Waals surface area contributed by atoms with E-state index < -0.39 is 11.6 Å². The second-order valence-electron chi connectivity index (χ2n) is 9.47. The molecule has 1 N–H and O–H groups in total. The van der Waals surface area contributed by atoms with E-state index >= 15 is 0 Å². The Morgan fingerprint density at radius 2 is 1.41 bits per heavy atom. The molecule has 2 atom stereocenters. The number of nitrogens with zero attached hydrogens (tertiary/aromatic N) is 2. The van der Waals surface area contributed by atoms with Crippen LogP contribution in [0, 0.1) is 11.8 Å². The van der Waals surface area contributed by atoms with Gasteiger partial charge in [-0.15, -0.1) is 0 Å².